The zero-order valence-corrected chi connectivity index (χ0v) is 15.5. The average Bonchev–Trinajstić information content (AvgIpc) is 3.06. The zero-order valence-electron chi connectivity index (χ0n) is 15.5. The molecule has 0 N–H and O–H groups in total. The van der Waals surface area contributed by atoms with E-state index in [1.54, 1.807) is 0 Å². The van der Waals surface area contributed by atoms with Crippen molar-refractivity contribution in [3.05, 3.63) is 36.4 Å². The SMILES string of the molecule is CCCC/C=C/CCCCCCCCC(=O)n1nnc2ccccc21. The molecule has 0 atom stereocenters. The van der Waals surface area contributed by atoms with Crippen molar-refractivity contribution in [3.63, 3.8) is 0 Å². The molecule has 2 rings (SSSR count). The third-order valence-electron chi connectivity index (χ3n) is 4.49. The van der Waals surface area contributed by atoms with Crippen LogP contribution in [0.1, 0.15) is 82.3 Å². The van der Waals surface area contributed by atoms with Gasteiger partial charge in [-0.15, -0.1) is 5.10 Å². The molecule has 4 nitrogen and oxygen atoms in total. The second-order valence-electron chi connectivity index (χ2n) is 6.66. The number of allylic oxidation sites excluding steroid dienone is 2. The molecule has 0 fully saturated rings. The minimum absolute atomic E-state index is 0.0471. The summed E-state index contributed by atoms with van der Waals surface area (Å²) in [5.74, 6) is 0.0471. The number of fused-ring (bicyclic) bond motifs is 1. The van der Waals surface area contributed by atoms with Crippen molar-refractivity contribution in [3.8, 4) is 0 Å². The molecule has 1 aromatic carbocycles. The fraction of sp³-hybridized carbons (Fsp3) is 0.571. The molecule has 0 spiro atoms. The van der Waals surface area contributed by atoms with Gasteiger partial charge >= 0.3 is 0 Å². The number of benzene rings is 1. The Morgan fingerprint density at radius 3 is 2.44 bits per heavy atom. The van der Waals surface area contributed by atoms with Crippen molar-refractivity contribution < 1.29 is 4.79 Å². The lowest BCUT2D eigenvalue weighted by Gasteiger charge is -2.02. The van der Waals surface area contributed by atoms with Crippen LogP contribution < -0.4 is 0 Å². The molecule has 0 amide bonds. The predicted octanol–water partition coefficient (Wildman–Crippen LogP) is 5.94. The normalized spacial score (nSPS) is 11.6. The van der Waals surface area contributed by atoms with Crippen molar-refractivity contribution >= 4 is 16.9 Å². The van der Waals surface area contributed by atoms with E-state index in [0.29, 0.717) is 6.42 Å². The van der Waals surface area contributed by atoms with Crippen LogP contribution in [0.2, 0.25) is 0 Å². The van der Waals surface area contributed by atoms with E-state index in [2.05, 4.69) is 29.4 Å². The van der Waals surface area contributed by atoms with Crippen molar-refractivity contribution in [2.75, 3.05) is 0 Å². The Labute approximate surface area is 151 Å². The lowest BCUT2D eigenvalue weighted by atomic mass is 10.1. The summed E-state index contributed by atoms with van der Waals surface area (Å²) in [5, 5.41) is 8.02. The fourth-order valence-corrected chi connectivity index (χ4v) is 2.96. The molecule has 136 valence electrons. The summed E-state index contributed by atoms with van der Waals surface area (Å²) >= 11 is 0. The highest BCUT2D eigenvalue weighted by Crippen LogP contribution is 2.13. The van der Waals surface area contributed by atoms with Crippen LogP contribution in [0.25, 0.3) is 11.0 Å². The fourth-order valence-electron chi connectivity index (χ4n) is 2.96. The highest BCUT2D eigenvalue weighted by atomic mass is 16.2. The first kappa shape index (κ1) is 19.4. The van der Waals surface area contributed by atoms with Gasteiger partial charge in [0.05, 0.1) is 5.52 Å². The van der Waals surface area contributed by atoms with E-state index in [9.17, 15) is 4.79 Å². The number of hydrogen-bond acceptors (Lipinski definition) is 3. The quantitative estimate of drug-likeness (QED) is 0.354. The predicted molar refractivity (Wildman–Crippen MR) is 104 cm³/mol. The number of nitrogens with zero attached hydrogens (tertiary/aromatic N) is 3. The number of rotatable bonds is 12. The number of hydrogen-bond donors (Lipinski definition) is 0. The van der Waals surface area contributed by atoms with Crippen LogP contribution in [0, 0.1) is 0 Å². The number of unbranched alkanes of at least 4 members (excludes halogenated alkanes) is 8. The monoisotopic (exact) mass is 341 g/mol. The molecule has 1 aromatic heterocycles. The van der Waals surface area contributed by atoms with Crippen LogP contribution >= 0.6 is 0 Å². The molecule has 2 aromatic rings. The van der Waals surface area contributed by atoms with E-state index < -0.39 is 0 Å². The molecule has 0 saturated heterocycles. The summed E-state index contributed by atoms with van der Waals surface area (Å²) < 4.78 is 1.44. The summed E-state index contributed by atoms with van der Waals surface area (Å²) in [6.07, 6.45) is 17.3. The molecular formula is C21H31N3O. The molecule has 25 heavy (non-hydrogen) atoms. The number of carbonyl (C=O) groups excluding carboxylic acids is 1. The number of aromatic nitrogens is 3. The Morgan fingerprint density at radius 1 is 0.960 bits per heavy atom. The van der Waals surface area contributed by atoms with Gasteiger partial charge in [-0.05, 0) is 37.8 Å². The van der Waals surface area contributed by atoms with Gasteiger partial charge in [0, 0.05) is 6.42 Å². The minimum Gasteiger partial charge on any atom is -0.273 e. The van der Waals surface area contributed by atoms with Crippen LogP contribution in [0.4, 0.5) is 0 Å². The molecule has 1 heterocycles. The Morgan fingerprint density at radius 2 is 1.64 bits per heavy atom. The van der Waals surface area contributed by atoms with E-state index in [1.165, 1.54) is 56.0 Å². The van der Waals surface area contributed by atoms with Crippen LogP contribution in [0.3, 0.4) is 0 Å². The average molecular weight is 341 g/mol. The highest BCUT2D eigenvalue weighted by molar-refractivity contribution is 5.88. The van der Waals surface area contributed by atoms with Crippen molar-refractivity contribution in [1.29, 1.82) is 0 Å². The first-order chi connectivity index (χ1) is 12.3. The highest BCUT2D eigenvalue weighted by Gasteiger charge is 2.10. The number of carbonyl (C=O) groups is 1. The van der Waals surface area contributed by atoms with Crippen LogP contribution in [0.15, 0.2) is 36.4 Å². The molecular weight excluding hydrogens is 310 g/mol. The molecule has 4 heteroatoms. The lowest BCUT2D eigenvalue weighted by Crippen LogP contribution is -2.12. The van der Waals surface area contributed by atoms with E-state index in [4.69, 9.17) is 0 Å². The van der Waals surface area contributed by atoms with Crippen molar-refractivity contribution in [1.82, 2.24) is 15.0 Å². The Bertz CT molecular complexity index is 660. The largest absolute Gasteiger partial charge is 0.273 e. The molecule has 0 aliphatic heterocycles. The van der Waals surface area contributed by atoms with Gasteiger partial charge in [-0.3, -0.25) is 4.79 Å². The smallest absolute Gasteiger partial charge is 0.248 e. The Kier molecular flexibility index (Phi) is 8.95. The maximum absolute atomic E-state index is 12.3. The van der Waals surface area contributed by atoms with E-state index in [-0.39, 0.29) is 5.91 Å². The maximum atomic E-state index is 12.3. The van der Waals surface area contributed by atoms with E-state index >= 15 is 0 Å². The van der Waals surface area contributed by atoms with Gasteiger partial charge in [-0.25, -0.2) is 0 Å². The van der Waals surface area contributed by atoms with Gasteiger partial charge in [0.15, 0.2) is 0 Å². The Balaban J connectivity index is 1.52. The van der Waals surface area contributed by atoms with Gasteiger partial charge in [0.2, 0.25) is 5.91 Å². The van der Waals surface area contributed by atoms with Gasteiger partial charge < -0.3 is 0 Å². The minimum atomic E-state index is 0.0471. The standard InChI is InChI=1S/C21H31N3O/c1-2-3-4-5-6-7-8-9-10-11-12-13-18-21(25)24-20-17-15-14-16-19(20)22-23-24/h5-6,14-17H,2-4,7-13,18H2,1H3/b6-5+. The second kappa shape index (κ2) is 11.6. The second-order valence-corrected chi connectivity index (χ2v) is 6.66. The molecule has 0 saturated carbocycles. The number of para-hydroxylation sites is 1. The topological polar surface area (TPSA) is 47.8 Å². The van der Waals surface area contributed by atoms with Crippen LogP contribution in [-0.2, 0) is 0 Å². The molecule has 0 unspecified atom stereocenters. The van der Waals surface area contributed by atoms with Gasteiger partial charge in [0.1, 0.15) is 5.52 Å². The van der Waals surface area contributed by atoms with Gasteiger partial charge in [-0.1, -0.05) is 74.9 Å². The first-order valence-corrected chi connectivity index (χ1v) is 9.81. The maximum Gasteiger partial charge on any atom is 0.248 e. The van der Waals surface area contributed by atoms with E-state index in [1.807, 2.05) is 24.3 Å². The molecule has 0 bridgehead atoms. The third kappa shape index (κ3) is 6.81. The summed E-state index contributed by atoms with van der Waals surface area (Å²) in [6.45, 7) is 2.23. The third-order valence-corrected chi connectivity index (χ3v) is 4.49. The zero-order chi connectivity index (χ0) is 17.7. The summed E-state index contributed by atoms with van der Waals surface area (Å²) in [7, 11) is 0. The summed E-state index contributed by atoms with van der Waals surface area (Å²) in [4.78, 5) is 12.3. The molecule has 0 aliphatic carbocycles. The molecule has 0 radical (unpaired) electrons. The van der Waals surface area contributed by atoms with Crippen LogP contribution in [0.5, 0.6) is 0 Å². The molecule has 0 aliphatic rings. The summed E-state index contributed by atoms with van der Waals surface area (Å²) in [5.41, 5.74) is 1.58. The van der Waals surface area contributed by atoms with E-state index in [0.717, 1.165) is 23.9 Å². The van der Waals surface area contributed by atoms with Gasteiger partial charge in [-0.2, -0.15) is 4.68 Å². The first-order valence-electron chi connectivity index (χ1n) is 9.81. The van der Waals surface area contributed by atoms with Crippen molar-refractivity contribution in [2.24, 2.45) is 0 Å². The Hall–Kier alpha value is -1.97. The van der Waals surface area contributed by atoms with Crippen LogP contribution in [-0.4, -0.2) is 20.9 Å². The lowest BCUT2D eigenvalue weighted by molar-refractivity contribution is 0.0886. The summed E-state index contributed by atoms with van der Waals surface area (Å²) in [6, 6.07) is 7.59. The van der Waals surface area contributed by atoms with Gasteiger partial charge in [0.25, 0.3) is 0 Å². The van der Waals surface area contributed by atoms with Crippen molar-refractivity contribution in [2.45, 2.75) is 77.6 Å².